The first-order chi connectivity index (χ1) is 14.3. The van der Waals surface area contributed by atoms with E-state index in [1.54, 1.807) is 0 Å². The fraction of sp³-hybridized carbons (Fsp3) is 0.476. The van der Waals surface area contributed by atoms with Gasteiger partial charge in [-0.1, -0.05) is 31.9 Å². The summed E-state index contributed by atoms with van der Waals surface area (Å²) in [6.45, 7) is 4.22. The third-order valence-electron chi connectivity index (χ3n) is 5.38. The maximum absolute atomic E-state index is 12.5. The van der Waals surface area contributed by atoms with E-state index in [2.05, 4.69) is 33.1 Å². The first-order valence-electron chi connectivity index (χ1n) is 10.1. The van der Waals surface area contributed by atoms with E-state index < -0.39 is 6.36 Å². The van der Waals surface area contributed by atoms with E-state index in [4.69, 9.17) is 16.6 Å². The lowest BCUT2D eigenvalue weighted by Gasteiger charge is -2.20. The summed E-state index contributed by atoms with van der Waals surface area (Å²) >= 11 is 6.30. The lowest BCUT2D eigenvalue weighted by atomic mass is 10.1. The van der Waals surface area contributed by atoms with Gasteiger partial charge >= 0.3 is 6.36 Å². The molecule has 5 nitrogen and oxygen atoms in total. The minimum atomic E-state index is -4.78. The van der Waals surface area contributed by atoms with Crippen LogP contribution in [0.3, 0.4) is 0 Å². The van der Waals surface area contributed by atoms with Gasteiger partial charge in [-0.05, 0) is 43.4 Å². The predicted molar refractivity (Wildman–Crippen MR) is 108 cm³/mol. The zero-order valence-corrected chi connectivity index (χ0v) is 17.5. The third kappa shape index (κ3) is 4.10. The van der Waals surface area contributed by atoms with Gasteiger partial charge in [0.1, 0.15) is 29.1 Å². The maximum atomic E-state index is 12.5. The summed E-state index contributed by atoms with van der Waals surface area (Å²) in [5.41, 5.74) is 2.35. The van der Waals surface area contributed by atoms with E-state index in [0.29, 0.717) is 28.7 Å². The average Bonchev–Trinajstić information content (AvgIpc) is 3.45. The van der Waals surface area contributed by atoms with Crippen LogP contribution in [0, 0.1) is 5.92 Å². The molecular weight excluding hydrogens is 417 g/mol. The Hall–Kier alpha value is -2.35. The molecule has 0 spiro atoms. The SMILES string of the molecule is CCCC(C1CC1)n1c(CC)nc2c(-c3ccc(OC(F)(F)F)cc3Cl)ncnc21. The molecule has 3 aromatic rings. The number of aromatic nitrogens is 4. The largest absolute Gasteiger partial charge is 0.573 e. The number of hydrogen-bond donors (Lipinski definition) is 0. The summed E-state index contributed by atoms with van der Waals surface area (Å²) in [7, 11) is 0. The zero-order chi connectivity index (χ0) is 21.5. The fourth-order valence-corrected chi connectivity index (χ4v) is 4.25. The Morgan fingerprint density at radius 1 is 1.23 bits per heavy atom. The van der Waals surface area contributed by atoms with Crippen LogP contribution in [0.4, 0.5) is 13.2 Å². The van der Waals surface area contributed by atoms with Gasteiger partial charge in [0.25, 0.3) is 0 Å². The van der Waals surface area contributed by atoms with Crippen molar-refractivity contribution in [3.05, 3.63) is 35.4 Å². The van der Waals surface area contributed by atoms with Crippen LogP contribution in [0.25, 0.3) is 22.4 Å². The van der Waals surface area contributed by atoms with Crippen LogP contribution in [-0.4, -0.2) is 25.9 Å². The number of ether oxygens (including phenoxy) is 1. The van der Waals surface area contributed by atoms with Gasteiger partial charge in [-0.3, -0.25) is 0 Å². The van der Waals surface area contributed by atoms with Crippen molar-refractivity contribution in [2.45, 2.75) is 58.4 Å². The predicted octanol–water partition coefficient (Wildman–Crippen LogP) is 6.36. The highest BCUT2D eigenvalue weighted by Crippen LogP contribution is 2.44. The van der Waals surface area contributed by atoms with E-state index in [1.807, 2.05) is 0 Å². The summed E-state index contributed by atoms with van der Waals surface area (Å²) < 4.78 is 43.7. The van der Waals surface area contributed by atoms with Crippen molar-refractivity contribution in [1.82, 2.24) is 19.5 Å². The van der Waals surface area contributed by atoms with Crippen molar-refractivity contribution in [3.8, 4) is 17.0 Å². The smallest absolute Gasteiger partial charge is 0.406 e. The van der Waals surface area contributed by atoms with Gasteiger partial charge in [-0.25, -0.2) is 15.0 Å². The second kappa shape index (κ2) is 8.06. The lowest BCUT2D eigenvalue weighted by molar-refractivity contribution is -0.274. The normalized spacial score (nSPS) is 15.5. The van der Waals surface area contributed by atoms with Crippen molar-refractivity contribution in [3.63, 3.8) is 0 Å². The van der Waals surface area contributed by atoms with Crippen molar-refractivity contribution in [1.29, 1.82) is 0 Å². The zero-order valence-electron chi connectivity index (χ0n) is 16.7. The molecule has 160 valence electrons. The topological polar surface area (TPSA) is 52.8 Å². The second-order valence-electron chi connectivity index (χ2n) is 7.53. The quantitative estimate of drug-likeness (QED) is 0.430. The number of fused-ring (bicyclic) bond motifs is 1. The summed E-state index contributed by atoms with van der Waals surface area (Å²) in [5, 5.41) is 0.108. The van der Waals surface area contributed by atoms with Crippen LogP contribution in [0.1, 0.15) is 51.4 Å². The van der Waals surface area contributed by atoms with E-state index >= 15 is 0 Å². The molecule has 0 amide bonds. The highest BCUT2D eigenvalue weighted by atomic mass is 35.5. The standard InChI is InChI=1S/C21H22ClF3N4O/c1-3-5-16(12-6-7-12)29-17(4-2)28-19-18(26-11-27-20(19)29)14-9-8-13(10-15(14)22)30-21(23,24)25/h8-12,16H,3-7H2,1-2H3. The van der Waals surface area contributed by atoms with Crippen LogP contribution in [0.5, 0.6) is 5.75 Å². The van der Waals surface area contributed by atoms with Crippen LogP contribution < -0.4 is 4.74 Å². The molecule has 0 bridgehead atoms. The molecule has 0 aliphatic heterocycles. The van der Waals surface area contributed by atoms with Crippen LogP contribution in [0.15, 0.2) is 24.5 Å². The third-order valence-corrected chi connectivity index (χ3v) is 5.69. The van der Waals surface area contributed by atoms with Crippen LogP contribution >= 0.6 is 11.6 Å². The van der Waals surface area contributed by atoms with Gasteiger partial charge in [0.15, 0.2) is 5.65 Å². The fourth-order valence-electron chi connectivity index (χ4n) is 3.99. The molecule has 1 fully saturated rings. The highest BCUT2D eigenvalue weighted by Gasteiger charge is 2.35. The van der Waals surface area contributed by atoms with E-state index in [1.165, 1.54) is 31.3 Å². The highest BCUT2D eigenvalue weighted by molar-refractivity contribution is 6.33. The number of nitrogens with zero attached hydrogens (tertiary/aromatic N) is 4. The summed E-state index contributed by atoms with van der Waals surface area (Å²) in [6.07, 6.45) is 1.95. The number of imidazole rings is 1. The van der Waals surface area contributed by atoms with Gasteiger partial charge in [0.2, 0.25) is 0 Å². The molecule has 9 heteroatoms. The van der Waals surface area contributed by atoms with Gasteiger partial charge in [0.05, 0.1) is 5.02 Å². The minimum absolute atomic E-state index is 0.108. The summed E-state index contributed by atoms with van der Waals surface area (Å²) in [5.74, 6) is 1.19. The van der Waals surface area contributed by atoms with Crippen molar-refractivity contribution < 1.29 is 17.9 Å². The molecule has 1 aromatic carbocycles. The number of rotatable bonds is 7. The molecule has 1 saturated carbocycles. The molecule has 2 aromatic heterocycles. The first-order valence-corrected chi connectivity index (χ1v) is 10.5. The summed E-state index contributed by atoms with van der Waals surface area (Å²) in [4.78, 5) is 13.7. The molecule has 0 N–H and O–H groups in total. The molecular formula is C21H22ClF3N4O. The van der Waals surface area contributed by atoms with Gasteiger partial charge in [0, 0.05) is 18.0 Å². The Kier molecular flexibility index (Phi) is 5.61. The average molecular weight is 439 g/mol. The number of halogens is 4. The number of aryl methyl sites for hydroxylation is 1. The van der Waals surface area contributed by atoms with Gasteiger partial charge < -0.3 is 9.30 Å². The molecule has 2 heterocycles. The van der Waals surface area contributed by atoms with E-state index in [0.717, 1.165) is 36.8 Å². The molecule has 1 atom stereocenters. The number of hydrogen-bond acceptors (Lipinski definition) is 4. The van der Waals surface area contributed by atoms with Crippen molar-refractivity contribution in [2.24, 2.45) is 5.92 Å². The van der Waals surface area contributed by atoms with Gasteiger partial charge in [-0.2, -0.15) is 0 Å². The maximum Gasteiger partial charge on any atom is 0.573 e. The minimum Gasteiger partial charge on any atom is -0.406 e. The van der Waals surface area contributed by atoms with Gasteiger partial charge in [-0.15, -0.1) is 13.2 Å². The molecule has 1 aliphatic rings. The Morgan fingerprint density at radius 2 is 2.00 bits per heavy atom. The van der Waals surface area contributed by atoms with Crippen molar-refractivity contribution in [2.75, 3.05) is 0 Å². The summed E-state index contributed by atoms with van der Waals surface area (Å²) in [6, 6.07) is 4.18. The molecule has 0 saturated heterocycles. The Morgan fingerprint density at radius 3 is 2.60 bits per heavy atom. The van der Waals surface area contributed by atoms with E-state index in [-0.39, 0.29) is 10.8 Å². The van der Waals surface area contributed by atoms with Crippen LogP contribution in [0.2, 0.25) is 5.02 Å². The van der Waals surface area contributed by atoms with Crippen molar-refractivity contribution >= 4 is 22.8 Å². The molecule has 1 aliphatic carbocycles. The molecule has 0 radical (unpaired) electrons. The molecule has 4 rings (SSSR count). The lowest BCUT2D eigenvalue weighted by Crippen LogP contribution is -2.17. The molecule has 1 unspecified atom stereocenters. The van der Waals surface area contributed by atoms with E-state index in [9.17, 15) is 13.2 Å². The number of alkyl halides is 3. The molecule has 30 heavy (non-hydrogen) atoms. The Labute approximate surface area is 177 Å². The first kappa shape index (κ1) is 20.9. The monoisotopic (exact) mass is 438 g/mol. The second-order valence-corrected chi connectivity index (χ2v) is 7.94. The number of benzene rings is 1. The Bertz CT molecular complexity index is 1060. The Balaban J connectivity index is 1.81. The van der Waals surface area contributed by atoms with Crippen LogP contribution in [-0.2, 0) is 6.42 Å².